The number of aryl methyl sites for hydroxylation is 1. The number of hydrogen-bond donors (Lipinski definition) is 0. The zero-order valence-electron chi connectivity index (χ0n) is 12.6. The summed E-state index contributed by atoms with van der Waals surface area (Å²) in [7, 11) is 1.84. The van der Waals surface area contributed by atoms with Gasteiger partial charge < -0.3 is 9.80 Å². The highest BCUT2D eigenvalue weighted by Crippen LogP contribution is 2.40. The number of rotatable bonds is 2. The van der Waals surface area contributed by atoms with Gasteiger partial charge in [-0.1, -0.05) is 6.92 Å². The van der Waals surface area contributed by atoms with Gasteiger partial charge in [-0.3, -0.25) is 14.6 Å². The number of aromatic nitrogens is 1. The average Bonchev–Trinajstić information content (AvgIpc) is 2.54. The van der Waals surface area contributed by atoms with E-state index in [1.165, 1.54) is 0 Å². The smallest absolute Gasteiger partial charge is 0.255 e. The van der Waals surface area contributed by atoms with Crippen molar-refractivity contribution in [3.63, 3.8) is 0 Å². The van der Waals surface area contributed by atoms with Crippen LogP contribution in [0.2, 0.25) is 0 Å². The Balaban J connectivity index is 1.63. The van der Waals surface area contributed by atoms with Gasteiger partial charge >= 0.3 is 0 Å². The summed E-state index contributed by atoms with van der Waals surface area (Å²) in [6.45, 7) is 4.20. The molecule has 2 aliphatic rings. The van der Waals surface area contributed by atoms with Gasteiger partial charge in [-0.05, 0) is 31.4 Å². The maximum absolute atomic E-state index is 12.5. The Labute approximate surface area is 124 Å². The molecule has 2 aliphatic heterocycles. The van der Waals surface area contributed by atoms with Gasteiger partial charge in [0.05, 0.1) is 11.0 Å². The molecule has 5 nitrogen and oxygen atoms in total. The summed E-state index contributed by atoms with van der Waals surface area (Å²) in [5.41, 5.74) is 1.45. The van der Waals surface area contributed by atoms with E-state index in [1.807, 2.05) is 31.0 Å². The number of pyridine rings is 1. The van der Waals surface area contributed by atoms with Crippen molar-refractivity contribution in [1.29, 1.82) is 0 Å². The van der Waals surface area contributed by atoms with Crippen LogP contribution in [0.3, 0.4) is 0 Å². The van der Waals surface area contributed by atoms with Gasteiger partial charge in [0.1, 0.15) is 0 Å². The lowest BCUT2D eigenvalue weighted by Crippen LogP contribution is -2.63. The van der Waals surface area contributed by atoms with Crippen molar-refractivity contribution in [2.45, 2.75) is 26.2 Å². The number of likely N-dealkylation sites (tertiary alicyclic amines) is 2. The van der Waals surface area contributed by atoms with Crippen LogP contribution in [0.4, 0.5) is 0 Å². The first-order valence-electron chi connectivity index (χ1n) is 7.55. The molecule has 112 valence electrons. The number of β-lactam (4-membered cyclic amide) rings is 1. The van der Waals surface area contributed by atoms with Crippen LogP contribution in [0.5, 0.6) is 0 Å². The lowest BCUT2D eigenvalue weighted by atomic mass is 9.71. The third-order valence-electron chi connectivity index (χ3n) is 4.78. The largest absolute Gasteiger partial charge is 0.344 e. The molecule has 2 saturated heterocycles. The van der Waals surface area contributed by atoms with Gasteiger partial charge in [0.15, 0.2) is 0 Å². The van der Waals surface area contributed by atoms with Gasteiger partial charge in [0.2, 0.25) is 5.91 Å². The number of amides is 2. The van der Waals surface area contributed by atoms with Crippen LogP contribution >= 0.6 is 0 Å². The number of piperidine rings is 1. The van der Waals surface area contributed by atoms with E-state index in [0.717, 1.165) is 31.5 Å². The minimum absolute atomic E-state index is 0.0279. The molecule has 0 aliphatic carbocycles. The Hall–Kier alpha value is -1.91. The molecule has 0 unspecified atom stereocenters. The molecule has 0 N–H and O–H groups in total. The average molecular weight is 287 g/mol. The van der Waals surface area contributed by atoms with Gasteiger partial charge in [0, 0.05) is 38.6 Å². The molecule has 21 heavy (non-hydrogen) atoms. The van der Waals surface area contributed by atoms with Crippen molar-refractivity contribution >= 4 is 11.8 Å². The van der Waals surface area contributed by atoms with Crippen LogP contribution < -0.4 is 0 Å². The van der Waals surface area contributed by atoms with Crippen LogP contribution in [0.25, 0.3) is 0 Å². The van der Waals surface area contributed by atoms with E-state index in [0.29, 0.717) is 18.7 Å². The molecule has 1 aromatic heterocycles. The number of hydrogen-bond acceptors (Lipinski definition) is 3. The highest BCUT2D eigenvalue weighted by Gasteiger charge is 2.51. The molecule has 5 heteroatoms. The van der Waals surface area contributed by atoms with E-state index in [2.05, 4.69) is 4.98 Å². The van der Waals surface area contributed by atoms with Gasteiger partial charge in [-0.25, -0.2) is 0 Å². The molecule has 0 atom stereocenters. The van der Waals surface area contributed by atoms with Crippen molar-refractivity contribution in [2.75, 3.05) is 26.7 Å². The van der Waals surface area contributed by atoms with Crippen LogP contribution in [0.1, 0.15) is 35.8 Å². The Kier molecular flexibility index (Phi) is 3.43. The third-order valence-corrected chi connectivity index (χ3v) is 4.78. The molecule has 2 fully saturated rings. The van der Waals surface area contributed by atoms with Crippen LogP contribution in [0, 0.1) is 5.41 Å². The quantitative estimate of drug-likeness (QED) is 0.771. The molecule has 0 aromatic carbocycles. The molecule has 1 spiro atoms. The highest BCUT2D eigenvalue weighted by atomic mass is 16.2. The molecular formula is C16H21N3O2. The molecular weight excluding hydrogens is 266 g/mol. The number of carbonyl (C=O) groups excluding carboxylic acids is 2. The molecule has 1 aromatic rings. The Morgan fingerprint density at radius 3 is 2.52 bits per heavy atom. The zero-order chi connectivity index (χ0) is 15.0. The fourth-order valence-corrected chi connectivity index (χ4v) is 3.36. The monoisotopic (exact) mass is 287 g/mol. The van der Waals surface area contributed by atoms with E-state index in [1.54, 1.807) is 11.1 Å². The van der Waals surface area contributed by atoms with E-state index >= 15 is 0 Å². The second-order valence-electron chi connectivity index (χ2n) is 6.13. The summed E-state index contributed by atoms with van der Waals surface area (Å²) in [6.07, 6.45) is 4.09. The fraction of sp³-hybridized carbons (Fsp3) is 0.562. The minimum Gasteiger partial charge on any atom is -0.344 e. The maximum Gasteiger partial charge on any atom is 0.255 e. The van der Waals surface area contributed by atoms with Crippen molar-refractivity contribution in [2.24, 2.45) is 5.41 Å². The standard InChI is InChI=1S/C16H21N3O2/c1-3-13-5-4-12(10-17-13)14(20)19-8-6-16(7-9-19)11-18(2)15(16)21/h4-5,10H,3,6-9,11H2,1-2H3. The van der Waals surface area contributed by atoms with Crippen molar-refractivity contribution < 1.29 is 9.59 Å². The molecule has 3 heterocycles. The summed E-state index contributed by atoms with van der Waals surface area (Å²) >= 11 is 0. The number of nitrogens with zero attached hydrogens (tertiary/aromatic N) is 3. The first kappa shape index (κ1) is 14.0. The van der Waals surface area contributed by atoms with E-state index in [9.17, 15) is 9.59 Å². The van der Waals surface area contributed by atoms with E-state index in [4.69, 9.17) is 0 Å². The minimum atomic E-state index is -0.185. The van der Waals surface area contributed by atoms with E-state index < -0.39 is 0 Å². The van der Waals surface area contributed by atoms with Crippen LogP contribution in [-0.2, 0) is 11.2 Å². The molecule has 3 rings (SSSR count). The molecule has 2 amide bonds. The van der Waals surface area contributed by atoms with Gasteiger partial charge in [0.25, 0.3) is 5.91 Å². The van der Waals surface area contributed by atoms with Gasteiger partial charge in [-0.15, -0.1) is 0 Å². The SMILES string of the molecule is CCc1ccc(C(=O)N2CCC3(CC2)CN(C)C3=O)cn1. The third kappa shape index (κ3) is 2.30. The predicted octanol–water partition coefficient (Wildman–Crippen LogP) is 1.34. The second kappa shape index (κ2) is 5.13. The normalized spacial score (nSPS) is 20.6. The second-order valence-corrected chi connectivity index (χ2v) is 6.13. The van der Waals surface area contributed by atoms with Gasteiger partial charge in [-0.2, -0.15) is 0 Å². The maximum atomic E-state index is 12.5. The first-order valence-corrected chi connectivity index (χ1v) is 7.55. The van der Waals surface area contributed by atoms with E-state index in [-0.39, 0.29) is 17.2 Å². The zero-order valence-corrected chi connectivity index (χ0v) is 12.6. The van der Waals surface area contributed by atoms with Crippen molar-refractivity contribution in [3.05, 3.63) is 29.6 Å². The summed E-state index contributed by atoms with van der Waals surface area (Å²) in [5.74, 6) is 0.267. The van der Waals surface area contributed by atoms with Crippen molar-refractivity contribution in [1.82, 2.24) is 14.8 Å². The summed E-state index contributed by atoms with van der Waals surface area (Å²) < 4.78 is 0. The summed E-state index contributed by atoms with van der Waals surface area (Å²) in [4.78, 5) is 32.3. The Morgan fingerprint density at radius 2 is 2.05 bits per heavy atom. The first-order chi connectivity index (χ1) is 10.1. The topological polar surface area (TPSA) is 53.5 Å². The summed E-state index contributed by atoms with van der Waals surface area (Å²) in [6, 6.07) is 3.75. The Morgan fingerprint density at radius 1 is 1.33 bits per heavy atom. The lowest BCUT2D eigenvalue weighted by molar-refractivity contribution is -0.161. The lowest BCUT2D eigenvalue weighted by Gasteiger charge is -2.51. The number of carbonyl (C=O) groups is 2. The molecule has 0 saturated carbocycles. The van der Waals surface area contributed by atoms with Crippen LogP contribution in [0.15, 0.2) is 18.3 Å². The predicted molar refractivity (Wildman–Crippen MR) is 78.8 cm³/mol. The molecule has 0 radical (unpaired) electrons. The Bertz CT molecular complexity index is 559. The van der Waals surface area contributed by atoms with Crippen LogP contribution in [-0.4, -0.2) is 53.3 Å². The molecule has 0 bridgehead atoms. The van der Waals surface area contributed by atoms with Crippen molar-refractivity contribution in [3.8, 4) is 0 Å². The highest BCUT2D eigenvalue weighted by molar-refractivity contribution is 5.94. The summed E-state index contributed by atoms with van der Waals surface area (Å²) in [5, 5.41) is 0. The fourth-order valence-electron chi connectivity index (χ4n) is 3.36.